The highest BCUT2D eigenvalue weighted by Gasteiger charge is 2.19. The van der Waals surface area contributed by atoms with Crippen molar-refractivity contribution < 1.29 is 18.7 Å². The molecule has 0 atom stereocenters. The highest BCUT2D eigenvalue weighted by atomic mass is 79.9. The van der Waals surface area contributed by atoms with Gasteiger partial charge in [0, 0.05) is 15.8 Å². The van der Waals surface area contributed by atoms with Crippen LogP contribution in [0, 0.1) is 13.8 Å². The number of furan rings is 1. The van der Waals surface area contributed by atoms with Crippen molar-refractivity contribution in [2.24, 2.45) is 0 Å². The van der Waals surface area contributed by atoms with Crippen molar-refractivity contribution in [3.8, 4) is 0 Å². The molecule has 1 N–H and O–H groups in total. The minimum atomic E-state index is -0.491. The number of nitrogens with one attached hydrogen (secondary N) is 1. The zero-order valence-electron chi connectivity index (χ0n) is 16.8. The van der Waals surface area contributed by atoms with Gasteiger partial charge in [-0.05, 0) is 60.1 Å². The molecule has 0 radical (unpaired) electrons. The van der Waals surface area contributed by atoms with Gasteiger partial charge in [-0.1, -0.05) is 11.6 Å². The van der Waals surface area contributed by atoms with E-state index < -0.39 is 5.97 Å². The van der Waals surface area contributed by atoms with Crippen molar-refractivity contribution in [3.05, 3.63) is 67.6 Å². The Labute approximate surface area is 195 Å². The van der Waals surface area contributed by atoms with Crippen LogP contribution < -0.4 is 5.32 Å². The predicted molar refractivity (Wildman–Crippen MR) is 123 cm³/mol. The van der Waals surface area contributed by atoms with Gasteiger partial charge in [0.15, 0.2) is 5.76 Å². The van der Waals surface area contributed by atoms with Crippen molar-refractivity contribution in [2.75, 3.05) is 12.4 Å². The summed E-state index contributed by atoms with van der Waals surface area (Å²) in [7, 11) is 1.31. The number of aromatic nitrogens is 2. The Bertz CT molecular complexity index is 1320. The second kappa shape index (κ2) is 8.49. The maximum Gasteiger partial charge on any atom is 0.349 e. The Kier molecular flexibility index (Phi) is 5.92. The predicted octanol–water partition coefficient (Wildman–Crippen LogP) is 5.81. The van der Waals surface area contributed by atoms with Gasteiger partial charge in [0.1, 0.15) is 10.6 Å². The van der Waals surface area contributed by atoms with E-state index in [2.05, 4.69) is 26.3 Å². The number of carbonyl (C=O) groups is 2. The van der Waals surface area contributed by atoms with Crippen LogP contribution in [0.4, 0.5) is 5.69 Å². The van der Waals surface area contributed by atoms with Crippen LogP contribution in [0.25, 0.3) is 10.1 Å². The first kappa shape index (κ1) is 21.6. The molecule has 10 heteroatoms. The summed E-state index contributed by atoms with van der Waals surface area (Å²) in [5.74, 6) is -0.0628. The molecule has 0 fully saturated rings. The maximum absolute atomic E-state index is 12.6. The summed E-state index contributed by atoms with van der Waals surface area (Å²) < 4.78 is 14.0. The number of fused-ring (bicyclic) bond motifs is 1. The molecule has 160 valence electrons. The van der Waals surface area contributed by atoms with E-state index in [1.807, 2.05) is 18.5 Å². The summed E-state index contributed by atoms with van der Waals surface area (Å²) in [5.41, 5.74) is 2.43. The number of thiophene rings is 1. The normalized spacial score (nSPS) is 11.1. The number of ether oxygens (including phenoxy) is 1. The molecule has 31 heavy (non-hydrogen) atoms. The Morgan fingerprint density at radius 1 is 1.29 bits per heavy atom. The van der Waals surface area contributed by atoms with Crippen molar-refractivity contribution in [3.63, 3.8) is 0 Å². The molecule has 0 aliphatic heterocycles. The molecule has 0 bridgehead atoms. The van der Waals surface area contributed by atoms with Crippen LogP contribution in [-0.2, 0) is 11.3 Å². The molecule has 0 unspecified atom stereocenters. The van der Waals surface area contributed by atoms with Crippen molar-refractivity contribution >= 4 is 66.5 Å². The quantitative estimate of drug-likeness (QED) is 0.334. The number of anilines is 1. The summed E-state index contributed by atoms with van der Waals surface area (Å²) in [4.78, 5) is 24.8. The Hall–Kier alpha value is -2.62. The lowest BCUT2D eigenvalue weighted by molar-refractivity contribution is 0.0606. The molecule has 0 saturated heterocycles. The monoisotopic (exact) mass is 521 g/mol. The smallest absolute Gasteiger partial charge is 0.349 e. The van der Waals surface area contributed by atoms with E-state index in [-0.39, 0.29) is 11.7 Å². The number of benzene rings is 1. The fourth-order valence-corrected chi connectivity index (χ4v) is 4.87. The summed E-state index contributed by atoms with van der Waals surface area (Å²) >= 11 is 11.0. The van der Waals surface area contributed by atoms with E-state index >= 15 is 0 Å². The van der Waals surface area contributed by atoms with E-state index in [9.17, 15) is 9.59 Å². The SMILES string of the molecule is COC(=O)c1sc2cc(NC(=O)c3ccc(Cn4nc(C)c(Br)c4C)o3)ccc2c1Cl. The number of carbonyl (C=O) groups excluding carboxylic acids is 2. The molecule has 0 aliphatic rings. The minimum Gasteiger partial charge on any atom is -0.465 e. The second-order valence-electron chi connectivity index (χ2n) is 6.81. The average Bonchev–Trinajstić information content (AvgIpc) is 3.41. The zero-order valence-corrected chi connectivity index (χ0v) is 19.9. The number of esters is 1. The number of nitrogens with zero attached hydrogens (tertiary/aromatic N) is 2. The molecule has 1 aromatic carbocycles. The van der Waals surface area contributed by atoms with Crippen molar-refractivity contribution in [1.29, 1.82) is 0 Å². The number of rotatable bonds is 5. The molecule has 7 nitrogen and oxygen atoms in total. The first-order valence-corrected chi connectivity index (χ1v) is 11.2. The minimum absolute atomic E-state index is 0.190. The third kappa shape index (κ3) is 4.13. The molecule has 1 amide bonds. The molecule has 3 aromatic heterocycles. The topological polar surface area (TPSA) is 86.4 Å². The number of hydrogen-bond donors (Lipinski definition) is 1. The van der Waals surface area contributed by atoms with Gasteiger partial charge in [0.25, 0.3) is 5.91 Å². The van der Waals surface area contributed by atoms with E-state index in [1.165, 1.54) is 18.4 Å². The molecule has 3 heterocycles. The van der Waals surface area contributed by atoms with Gasteiger partial charge >= 0.3 is 5.97 Å². The summed E-state index contributed by atoms with van der Waals surface area (Å²) in [5, 5.41) is 8.33. The van der Waals surface area contributed by atoms with Gasteiger partial charge in [-0.3, -0.25) is 9.48 Å². The van der Waals surface area contributed by atoms with E-state index in [0.29, 0.717) is 27.9 Å². The van der Waals surface area contributed by atoms with Gasteiger partial charge in [-0.2, -0.15) is 5.10 Å². The highest BCUT2D eigenvalue weighted by Crippen LogP contribution is 2.37. The number of hydrogen-bond acceptors (Lipinski definition) is 6. The van der Waals surface area contributed by atoms with Crippen LogP contribution in [0.3, 0.4) is 0 Å². The van der Waals surface area contributed by atoms with Crippen LogP contribution in [-0.4, -0.2) is 28.8 Å². The summed E-state index contributed by atoms with van der Waals surface area (Å²) in [6.45, 7) is 4.29. The van der Waals surface area contributed by atoms with Gasteiger partial charge in [-0.15, -0.1) is 11.3 Å². The number of methoxy groups -OCH3 is 1. The maximum atomic E-state index is 12.6. The van der Waals surface area contributed by atoms with Crippen LogP contribution in [0.15, 0.2) is 39.2 Å². The van der Waals surface area contributed by atoms with E-state index in [4.69, 9.17) is 20.8 Å². The molecular weight excluding hydrogens is 506 g/mol. The Morgan fingerprint density at radius 3 is 2.74 bits per heavy atom. The second-order valence-corrected chi connectivity index (χ2v) is 9.03. The number of amides is 1. The van der Waals surface area contributed by atoms with Gasteiger partial charge < -0.3 is 14.5 Å². The van der Waals surface area contributed by atoms with E-state index in [1.54, 1.807) is 30.3 Å². The molecule has 4 rings (SSSR count). The summed E-state index contributed by atoms with van der Waals surface area (Å²) in [6, 6.07) is 8.61. The Balaban J connectivity index is 1.51. The third-order valence-corrected chi connectivity index (χ3v) is 7.53. The van der Waals surface area contributed by atoms with Gasteiger partial charge in [0.05, 0.1) is 34.5 Å². The van der Waals surface area contributed by atoms with Crippen molar-refractivity contribution in [1.82, 2.24) is 9.78 Å². The van der Waals surface area contributed by atoms with Crippen LogP contribution in [0.1, 0.15) is 37.4 Å². The van der Waals surface area contributed by atoms with Crippen LogP contribution in [0.5, 0.6) is 0 Å². The molecule has 0 saturated carbocycles. The Morgan fingerprint density at radius 2 is 2.06 bits per heavy atom. The fraction of sp³-hybridized carbons (Fsp3) is 0.190. The molecule has 0 aliphatic carbocycles. The fourth-order valence-electron chi connectivity index (χ4n) is 3.12. The van der Waals surface area contributed by atoms with Gasteiger partial charge in [-0.25, -0.2) is 4.79 Å². The number of halogens is 2. The largest absolute Gasteiger partial charge is 0.465 e. The standard InChI is InChI=1S/C21H17BrClN3O4S/c1-10-17(22)11(2)26(25-10)9-13-5-7-15(30-13)20(27)24-12-4-6-14-16(8-12)31-19(18(14)23)21(28)29-3/h4-8H,9H2,1-3H3,(H,24,27). The molecular formula is C21H17BrClN3O4S. The van der Waals surface area contributed by atoms with Crippen LogP contribution >= 0.6 is 38.9 Å². The lowest BCUT2D eigenvalue weighted by Crippen LogP contribution is -2.10. The zero-order chi connectivity index (χ0) is 22.3. The first-order chi connectivity index (χ1) is 14.8. The highest BCUT2D eigenvalue weighted by molar-refractivity contribution is 9.10. The van der Waals surface area contributed by atoms with Crippen molar-refractivity contribution in [2.45, 2.75) is 20.4 Å². The van der Waals surface area contributed by atoms with Crippen LogP contribution in [0.2, 0.25) is 5.02 Å². The molecule has 4 aromatic rings. The number of aryl methyl sites for hydroxylation is 1. The summed E-state index contributed by atoms with van der Waals surface area (Å²) in [6.07, 6.45) is 0. The lowest BCUT2D eigenvalue weighted by Gasteiger charge is -2.04. The first-order valence-electron chi connectivity index (χ1n) is 9.18. The molecule has 0 spiro atoms. The van der Waals surface area contributed by atoms with Gasteiger partial charge in [0.2, 0.25) is 0 Å². The van der Waals surface area contributed by atoms with E-state index in [0.717, 1.165) is 25.9 Å². The third-order valence-electron chi connectivity index (χ3n) is 4.74. The lowest BCUT2D eigenvalue weighted by atomic mass is 10.2. The average molecular weight is 523 g/mol.